The molecule has 16 heavy (non-hydrogen) atoms. The second-order valence-electron chi connectivity index (χ2n) is 5.19. The van der Waals surface area contributed by atoms with Gasteiger partial charge < -0.3 is 5.73 Å². The van der Waals surface area contributed by atoms with Gasteiger partial charge in [-0.2, -0.15) is 0 Å². The van der Waals surface area contributed by atoms with Gasteiger partial charge in [-0.25, -0.2) is 0 Å². The molecule has 0 radical (unpaired) electrons. The molecule has 0 amide bonds. The molecule has 1 aliphatic carbocycles. The molecule has 1 aromatic heterocycles. The molecule has 88 valence electrons. The zero-order valence-electron chi connectivity index (χ0n) is 9.75. The van der Waals surface area contributed by atoms with Crippen LogP contribution < -0.4 is 5.73 Å². The molecule has 2 rings (SSSR count). The summed E-state index contributed by atoms with van der Waals surface area (Å²) in [5.74, 6) is 0.824. The Labute approximate surface area is 102 Å². The second kappa shape index (κ2) is 4.72. The van der Waals surface area contributed by atoms with Crippen molar-refractivity contribution in [3.05, 3.63) is 29.0 Å². The number of hydrogen-bond acceptors (Lipinski definition) is 2. The van der Waals surface area contributed by atoms with Gasteiger partial charge in [0.1, 0.15) is 0 Å². The number of pyridine rings is 1. The maximum atomic E-state index is 6.44. The Morgan fingerprint density at radius 1 is 1.50 bits per heavy atom. The van der Waals surface area contributed by atoms with Crippen LogP contribution in [0.25, 0.3) is 0 Å². The average molecular weight is 239 g/mol. The first-order valence-corrected chi connectivity index (χ1v) is 6.34. The van der Waals surface area contributed by atoms with Crippen LogP contribution in [0.2, 0.25) is 5.02 Å². The standard InChI is InChI=1S/C13H19ClN2/c1-10-2-5-13(15,6-3-10)8-11-4-7-16-9-12(11)14/h4,7,9-10H,2-3,5-6,8,15H2,1H3. The van der Waals surface area contributed by atoms with E-state index in [9.17, 15) is 0 Å². The lowest BCUT2D eigenvalue weighted by atomic mass is 9.75. The number of halogens is 1. The van der Waals surface area contributed by atoms with Gasteiger partial charge in [0.2, 0.25) is 0 Å². The highest BCUT2D eigenvalue weighted by molar-refractivity contribution is 6.31. The summed E-state index contributed by atoms with van der Waals surface area (Å²) >= 11 is 6.12. The van der Waals surface area contributed by atoms with E-state index in [1.54, 1.807) is 12.4 Å². The molecule has 2 nitrogen and oxygen atoms in total. The minimum atomic E-state index is -0.0580. The fourth-order valence-corrected chi connectivity index (χ4v) is 2.63. The Bertz CT molecular complexity index is 357. The number of nitrogens with two attached hydrogens (primary N) is 1. The molecule has 0 atom stereocenters. The van der Waals surface area contributed by atoms with Crippen molar-refractivity contribution < 1.29 is 0 Å². The molecule has 1 saturated carbocycles. The SMILES string of the molecule is CC1CCC(N)(Cc2ccncc2Cl)CC1. The smallest absolute Gasteiger partial charge is 0.0621 e. The van der Waals surface area contributed by atoms with Crippen LogP contribution >= 0.6 is 11.6 Å². The van der Waals surface area contributed by atoms with Crippen molar-refractivity contribution >= 4 is 11.6 Å². The number of rotatable bonds is 2. The normalized spacial score (nSPS) is 30.3. The Morgan fingerprint density at radius 3 is 2.81 bits per heavy atom. The summed E-state index contributed by atoms with van der Waals surface area (Å²) in [5.41, 5.74) is 7.52. The van der Waals surface area contributed by atoms with Crippen molar-refractivity contribution in [3.8, 4) is 0 Å². The van der Waals surface area contributed by atoms with Crippen LogP contribution in [0.1, 0.15) is 38.2 Å². The van der Waals surface area contributed by atoms with Crippen LogP contribution in [0.4, 0.5) is 0 Å². The summed E-state index contributed by atoms with van der Waals surface area (Å²) in [6, 6.07) is 1.98. The van der Waals surface area contributed by atoms with Crippen molar-refractivity contribution in [2.24, 2.45) is 11.7 Å². The van der Waals surface area contributed by atoms with E-state index in [0.717, 1.165) is 35.8 Å². The summed E-state index contributed by atoms with van der Waals surface area (Å²) in [4.78, 5) is 4.00. The molecule has 0 bridgehead atoms. The van der Waals surface area contributed by atoms with Crippen LogP contribution in [0, 0.1) is 5.92 Å². The topological polar surface area (TPSA) is 38.9 Å². The largest absolute Gasteiger partial charge is 0.325 e. The quantitative estimate of drug-likeness (QED) is 0.860. The van der Waals surface area contributed by atoms with Crippen LogP contribution in [0.3, 0.4) is 0 Å². The first-order valence-electron chi connectivity index (χ1n) is 5.96. The summed E-state index contributed by atoms with van der Waals surface area (Å²) < 4.78 is 0. The van der Waals surface area contributed by atoms with E-state index in [4.69, 9.17) is 17.3 Å². The highest BCUT2D eigenvalue weighted by atomic mass is 35.5. The molecular weight excluding hydrogens is 220 g/mol. The van der Waals surface area contributed by atoms with E-state index in [0.29, 0.717) is 0 Å². The van der Waals surface area contributed by atoms with Gasteiger partial charge in [-0.1, -0.05) is 18.5 Å². The summed E-state index contributed by atoms with van der Waals surface area (Å²) in [5, 5.41) is 0.742. The van der Waals surface area contributed by atoms with Gasteiger partial charge in [-0.3, -0.25) is 4.98 Å². The molecule has 1 heterocycles. The molecule has 0 spiro atoms. The van der Waals surface area contributed by atoms with E-state index < -0.39 is 0 Å². The molecule has 0 aliphatic heterocycles. The minimum absolute atomic E-state index is 0.0580. The first kappa shape index (κ1) is 11.9. The van der Waals surface area contributed by atoms with Crippen molar-refractivity contribution in [1.82, 2.24) is 4.98 Å². The summed E-state index contributed by atoms with van der Waals surface area (Å²) in [6.07, 6.45) is 9.04. The maximum absolute atomic E-state index is 6.44. The lowest BCUT2D eigenvalue weighted by Gasteiger charge is -2.36. The zero-order valence-corrected chi connectivity index (χ0v) is 10.5. The predicted octanol–water partition coefficient (Wildman–Crippen LogP) is 3.19. The van der Waals surface area contributed by atoms with Crippen molar-refractivity contribution in [1.29, 1.82) is 0 Å². The molecule has 3 heteroatoms. The van der Waals surface area contributed by atoms with Crippen molar-refractivity contribution in [3.63, 3.8) is 0 Å². The number of hydrogen-bond donors (Lipinski definition) is 1. The highest BCUT2D eigenvalue weighted by Crippen LogP contribution is 2.33. The Hall–Kier alpha value is -0.600. The Kier molecular flexibility index (Phi) is 3.50. The van der Waals surface area contributed by atoms with E-state index >= 15 is 0 Å². The van der Waals surface area contributed by atoms with Gasteiger partial charge in [0, 0.05) is 17.9 Å². The molecular formula is C13H19ClN2. The van der Waals surface area contributed by atoms with Crippen molar-refractivity contribution in [2.45, 2.75) is 44.6 Å². The lowest BCUT2D eigenvalue weighted by molar-refractivity contribution is 0.243. The molecule has 1 fully saturated rings. The van der Waals surface area contributed by atoms with Gasteiger partial charge in [0.05, 0.1) is 5.02 Å². The molecule has 1 aromatic rings. The summed E-state index contributed by atoms with van der Waals surface area (Å²) in [7, 11) is 0. The third kappa shape index (κ3) is 2.74. The van der Waals surface area contributed by atoms with E-state index in [2.05, 4.69) is 11.9 Å². The van der Waals surface area contributed by atoms with Crippen LogP contribution in [-0.2, 0) is 6.42 Å². The lowest BCUT2D eigenvalue weighted by Crippen LogP contribution is -2.45. The monoisotopic (exact) mass is 238 g/mol. The second-order valence-corrected chi connectivity index (χ2v) is 5.60. The third-order valence-electron chi connectivity index (χ3n) is 3.67. The fourth-order valence-electron chi connectivity index (χ4n) is 2.44. The number of aromatic nitrogens is 1. The number of nitrogens with zero attached hydrogens (tertiary/aromatic N) is 1. The minimum Gasteiger partial charge on any atom is -0.325 e. The van der Waals surface area contributed by atoms with Gasteiger partial charge in [-0.05, 0) is 49.7 Å². The van der Waals surface area contributed by atoms with Crippen LogP contribution in [0.5, 0.6) is 0 Å². The van der Waals surface area contributed by atoms with Crippen molar-refractivity contribution in [2.75, 3.05) is 0 Å². The molecule has 0 unspecified atom stereocenters. The Morgan fingerprint density at radius 2 is 2.19 bits per heavy atom. The predicted molar refractivity (Wildman–Crippen MR) is 67.5 cm³/mol. The Balaban J connectivity index is 2.07. The first-order chi connectivity index (χ1) is 7.59. The van der Waals surface area contributed by atoms with E-state index in [1.807, 2.05) is 6.07 Å². The third-order valence-corrected chi connectivity index (χ3v) is 4.01. The summed E-state index contributed by atoms with van der Waals surface area (Å²) in [6.45, 7) is 2.30. The molecule has 1 aliphatic rings. The van der Waals surface area contributed by atoms with E-state index in [-0.39, 0.29) is 5.54 Å². The maximum Gasteiger partial charge on any atom is 0.0621 e. The molecule has 0 aromatic carbocycles. The van der Waals surface area contributed by atoms with E-state index in [1.165, 1.54) is 12.8 Å². The van der Waals surface area contributed by atoms with Crippen LogP contribution in [-0.4, -0.2) is 10.5 Å². The molecule has 2 N–H and O–H groups in total. The van der Waals surface area contributed by atoms with Gasteiger partial charge in [0.25, 0.3) is 0 Å². The van der Waals surface area contributed by atoms with Gasteiger partial charge in [-0.15, -0.1) is 0 Å². The van der Waals surface area contributed by atoms with Crippen LogP contribution in [0.15, 0.2) is 18.5 Å². The fraction of sp³-hybridized carbons (Fsp3) is 0.615. The zero-order chi connectivity index (χ0) is 11.6. The average Bonchev–Trinajstić information content (AvgIpc) is 2.27. The highest BCUT2D eigenvalue weighted by Gasteiger charge is 2.30. The van der Waals surface area contributed by atoms with Gasteiger partial charge in [0.15, 0.2) is 0 Å². The molecule has 0 saturated heterocycles. The van der Waals surface area contributed by atoms with Gasteiger partial charge >= 0.3 is 0 Å².